The molecule has 0 spiro atoms. The molecule has 6 nitrogen and oxygen atoms in total. The van der Waals surface area contributed by atoms with Gasteiger partial charge in [0.1, 0.15) is 16.1 Å². The van der Waals surface area contributed by atoms with Gasteiger partial charge in [-0.1, -0.05) is 41.3 Å². The van der Waals surface area contributed by atoms with Gasteiger partial charge in [0.15, 0.2) is 16.7 Å². The third kappa shape index (κ3) is 4.25. The number of benzene rings is 1. The van der Waals surface area contributed by atoms with E-state index in [-0.39, 0.29) is 0 Å². The predicted octanol–water partition coefficient (Wildman–Crippen LogP) is 7.38. The second-order valence-electron chi connectivity index (χ2n) is 6.95. The zero-order valence-electron chi connectivity index (χ0n) is 17.0. The SMILES string of the molecule is c1ccc(Oc2cc(Sc3ccnc4ccsc34)cnc2Nc2nc3cccnc3s2)cc1. The van der Waals surface area contributed by atoms with Crippen molar-refractivity contribution < 1.29 is 4.74 Å². The smallest absolute Gasteiger partial charge is 0.191 e. The van der Waals surface area contributed by atoms with Crippen LogP contribution in [0.25, 0.3) is 20.6 Å². The Morgan fingerprint density at radius 2 is 1.82 bits per heavy atom. The Morgan fingerprint density at radius 3 is 2.73 bits per heavy atom. The number of rotatable bonds is 6. The van der Waals surface area contributed by atoms with Crippen LogP contribution in [0.4, 0.5) is 10.9 Å². The fourth-order valence-electron chi connectivity index (χ4n) is 3.25. The van der Waals surface area contributed by atoms with Crippen LogP contribution in [0.5, 0.6) is 11.5 Å². The van der Waals surface area contributed by atoms with Crippen molar-refractivity contribution in [1.29, 1.82) is 0 Å². The molecule has 0 bridgehead atoms. The molecule has 0 atom stereocenters. The molecule has 5 heterocycles. The van der Waals surface area contributed by atoms with Crippen LogP contribution in [-0.4, -0.2) is 19.9 Å². The molecule has 0 radical (unpaired) electrons. The van der Waals surface area contributed by atoms with Crippen molar-refractivity contribution in [2.24, 2.45) is 0 Å². The molecule has 0 saturated carbocycles. The standard InChI is InChI=1S/C24H15N5OS3/c1-2-5-15(6-3-1)30-19-13-16(32-20-8-11-25-17-9-12-31-21(17)20)14-27-22(19)29-24-28-18-7-4-10-26-23(18)33-24/h1-14H,(H,27,28,29). The van der Waals surface area contributed by atoms with Crippen molar-refractivity contribution in [3.8, 4) is 11.5 Å². The van der Waals surface area contributed by atoms with Gasteiger partial charge in [-0.3, -0.25) is 4.98 Å². The summed E-state index contributed by atoms with van der Waals surface area (Å²) in [4.78, 5) is 21.1. The number of aromatic nitrogens is 4. The van der Waals surface area contributed by atoms with Crippen LogP contribution in [0, 0.1) is 0 Å². The number of thiophene rings is 1. The Kier molecular flexibility index (Phi) is 5.35. The average Bonchev–Trinajstić information content (AvgIpc) is 3.48. The Bertz CT molecular complexity index is 1530. The van der Waals surface area contributed by atoms with Crippen LogP contribution in [0.1, 0.15) is 0 Å². The van der Waals surface area contributed by atoms with Crippen molar-refractivity contribution in [3.63, 3.8) is 0 Å². The first-order valence-electron chi connectivity index (χ1n) is 10.0. The van der Waals surface area contributed by atoms with E-state index in [1.54, 1.807) is 29.3 Å². The molecular weight excluding hydrogens is 470 g/mol. The minimum atomic E-state index is 0.596. The highest BCUT2D eigenvalue weighted by Crippen LogP contribution is 2.39. The quantitative estimate of drug-likeness (QED) is 0.264. The number of fused-ring (bicyclic) bond motifs is 2. The van der Waals surface area contributed by atoms with Gasteiger partial charge in [0.05, 0.1) is 10.2 Å². The first-order valence-corrected chi connectivity index (χ1v) is 12.5. The predicted molar refractivity (Wildman–Crippen MR) is 135 cm³/mol. The van der Waals surface area contributed by atoms with Gasteiger partial charge >= 0.3 is 0 Å². The largest absolute Gasteiger partial charge is 0.453 e. The lowest BCUT2D eigenvalue weighted by Crippen LogP contribution is -1.97. The average molecular weight is 486 g/mol. The number of nitrogens with zero attached hydrogens (tertiary/aromatic N) is 4. The summed E-state index contributed by atoms with van der Waals surface area (Å²) in [6.45, 7) is 0. The van der Waals surface area contributed by atoms with E-state index in [4.69, 9.17) is 4.74 Å². The third-order valence-electron chi connectivity index (χ3n) is 4.73. The molecule has 0 unspecified atom stereocenters. The number of anilines is 2. The second-order valence-corrected chi connectivity index (χ2v) is 9.96. The summed E-state index contributed by atoms with van der Waals surface area (Å²) in [7, 11) is 0. The van der Waals surface area contributed by atoms with Crippen molar-refractivity contribution in [2.75, 3.05) is 5.32 Å². The molecule has 9 heteroatoms. The first kappa shape index (κ1) is 20.1. The third-order valence-corrected chi connectivity index (χ3v) is 7.71. The van der Waals surface area contributed by atoms with Gasteiger partial charge in [-0.15, -0.1) is 11.3 Å². The summed E-state index contributed by atoms with van der Waals surface area (Å²) >= 11 is 4.81. The minimum Gasteiger partial charge on any atom is -0.453 e. The van der Waals surface area contributed by atoms with Gasteiger partial charge in [0.25, 0.3) is 0 Å². The number of hydrogen-bond acceptors (Lipinski definition) is 9. The van der Waals surface area contributed by atoms with Crippen molar-refractivity contribution in [2.45, 2.75) is 9.79 Å². The maximum atomic E-state index is 6.22. The Morgan fingerprint density at radius 1 is 0.879 bits per heavy atom. The second kappa shape index (κ2) is 8.78. The van der Waals surface area contributed by atoms with Crippen LogP contribution in [0.15, 0.2) is 94.4 Å². The Labute approximate surface area is 201 Å². The van der Waals surface area contributed by atoms with Crippen LogP contribution < -0.4 is 10.1 Å². The van der Waals surface area contributed by atoms with Gasteiger partial charge in [-0.2, -0.15) is 0 Å². The normalized spacial score (nSPS) is 11.2. The van der Waals surface area contributed by atoms with E-state index in [1.807, 2.05) is 73.1 Å². The molecule has 160 valence electrons. The summed E-state index contributed by atoms with van der Waals surface area (Å²) in [5.41, 5.74) is 1.85. The molecule has 0 aliphatic rings. The lowest BCUT2D eigenvalue weighted by atomic mass is 10.3. The van der Waals surface area contributed by atoms with Crippen LogP contribution in [0.3, 0.4) is 0 Å². The molecule has 1 aromatic carbocycles. The van der Waals surface area contributed by atoms with Crippen molar-refractivity contribution >= 4 is 65.9 Å². The highest BCUT2D eigenvalue weighted by Gasteiger charge is 2.14. The number of hydrogen-bond donors (Lipinski definition) is 1. The highest BCUT2D eigenvalue weighted by atomic mass is 32.2. The molecule has 6 rings (SSSR count). The zero-order chi connectivity index (χ0) is 22.0. The van der Waals surface area contributed by atoms with E-state index >= 15 is 0 Å². The fourth-order valence-corrected chi connectivity index (χ4v) is 5.94. The van der Waals surface area contributed by atoms with E-state index in [2.05, 4.69) is 30.6 Å². The number of ether oxygens (including phenoxy) is 1. The number of nitrogens with one attached hydrogen (secondary N) is 1. The highest BCUT2D eigenvalue weighted by molar-refractivity contribution is 7.99. The van der Waals surface area contributed by atoms with Crippen molar-refractivity contribution in [3.05, 3.63) is 84.6 Å². The molecule has 33 heavy (non-hydrogen) atoms. The molecule has 0 aliphatic heterocycles. The molecule has 5 aromatic heterocycles. The topological polar surface area (TPSA) is 72.8 Å². The molecule has 0 amide bonds. The number of pyridine rings is 3. The van der Waals surface area contributed by atoms with E-state index in [0.29, 0.717) is 16.7 Å². The Balaban J connectivity index is 1.36. The van der Waals surface area contributed by atoms with E-state index in [9.17, 15) is 0 Å². The van der Waals surface area contributed by atoms with Gasteiger partial charge in [-0.25, -0.2) is 15.0 Å². The molecule has 1 N–H and O–H groups in total. The van der Waals surface area contributed by atoms with Crippen LogP contribution >= 0.6 is 34.4 Å². The summed E-state index contributed by atoms with van der Waals surface area (Å²) in [6.07, 6.45) is 5.45. The van der Waals surface area contributed by atoms with Crippen LogP contribution in [0.2, 0.25) is 0 Å². The van der Waals surface area contributed by atoms with Gasteiger partial charge in [0.2, 0.25) is 0 Å². The summed E-state index contributed by atoms with van der Waals surface area (Å²) < 4.78 is 7.38. The van der Waals surface area contributed by atoms with Gasteiger partial charge in [0, 0.05) is 34.4 Å². The van der Waals surface area contributed by atoms with Crippen LogP contribution in [-0.2, 0) is 0 Å². The zero-order valence-corrected chi connectivity index (χ0v) is 19.5. The monoisotopic (exact) mass is 485 g/mol. The first-order chi connectivity index (χ1) is 16.3. The molecule has 0 saturated heterocycles. The Hall–Kier alpha value is -3.53. The summed E-state index contributed by atoms with van der Waals surface area (Å²) in [5.74, 6) is 1.95. The minimum absolute atomic E-state index is 0.596. The maximum absolute atomic E-state index is 6.22. The lowest BCUT2D eigenvalue weighted by Gasteiger charge is -2.12. The summed E-state index contributed by atoms with van der Waals surface area (Å²) in [5, 5.41) is 6.08. The van der Waals surface area contributed by atoms with E-state index < -0.39 is 0 Å². The molecule has 6 aromatic rings. The van der Waals surface area contributed by atoms with E-state index in [0.717, 1.165) is 36.1 Å². The fraction of sp³-hybridized carbons (Fsp3) is 0. The molecular formula is C24H15N5OS3. The molecule has 0 fully saturated rings. The van der Waals surface area contributed by atoms with Gasteiger partial charge < -0.3 is 10.1 Å². The van der Waals surface area contributed by atoms with Crippen molar-refractivity contribution in [1.82, 2.24) is 19.9 Å². The number of thiazole rings is 1. The number of para-hydroxylation sites is 1. The van der Waals surface area contributed by atoms with E-state index in [1.165, 1.54) is 11.3 Å². The lowest BCUT2D eigenvalue weighted by molar-refractivity contribution is 0.481. The maximum Gasteiger partial charge on any atom is 0.191 e. The van der Waals surface area contributed by atoms with Gasteiger partial charge in [-0.05, 0) is 41.8 Å². The molecule has 0 aliphatic carbocycles. The summed E-state index contributed by atoms with van der Waals surface area (Å²) in [6, 6.07) is 19.6.